The van der Waals surface area contributed by atoms with Crippen molar-refractivity contribution in [1.29, 1.82) is 0 Å². The molecule has 1 aromatic carbocycles. The number of hydrogen-bond donors (Lipinski definition) is 2. The molecule has 0 bridgehead atoms. The summed E-state index contributed by atoms with van der Waals surface area (Å²) >= 11 is 0. The summed E-state index contributed by atoms with van der Waals surface area (Å²) in [5, 5.41) is 3.41. The summed E-state index contributed by atoms with van der Waals surface area (Å²) in [6.07, 6.45) is 6.55. The molecule has 3 heteroatoms. The summed E-state index contributed by atoms with van der Waals surface area (Å²) in [6, 6.07) is 5.83. The second-order valence-electron chi connectivity index (χ2n) is 5.48. The Balaban J connectivity index is 2.15. The van der Waals surface area contributed by atoms with Gasteiger partial charge in [0.2, 0.25) is 0 Å². The van der Waals surface area contributed by atoms with E-state index < -0.39 is 0 Å². The largest absolute Gasteiger partial charge is 0.495 e. The number of methoxy groups -OCH3 is 1. The maximum atomic E-state index is 5.78. The first-order valence-electron chi connectivity index (χ1n) is 7.31. The number of ether oxygens (including phenoxy) is 1. The third-order valence-electron chi connectivity index (χ3n) is 3.27. The SMILES string of the molecule is COc1cc(NCCCCCCC(C)C)ccc1N. The van der Waals surface area contributed by atoms with Gasteiger partial charge in [0.1, 0.15) is 5.75 Å². The van der Waals surface area contributed by atoms with Crippen LogP contribution in [0.25, 0.3) is 0 Å². The van der Waals surface area contributed by atoms with E-state index >= 15 is 0 Å². The first-order valence-corrected chi connectivity index (χ1v) is 7.31. The van der Waals surface area contributed by atoms with E-state index in [1.165, 1.54) is 32.1 Å². The van der Waals surface area contributed by atoms with Gasteiger partial charge in [-0.3, -0.25) is 0 Å². The van der Waals surface area contributed by atoms with Crippen molar-refractivity contribution in [3.8, 4) is 5.75 Å². The topological polar surface area (TPSA) is 47.3 Å². The molecule has 0 aliphatic carbocycles. The Hall–Kier alpha value is -1.38. The first-order chi connectivity index (χ1) is 9.13. The third-order valence-corrected chi connectivity index (χ3v) is 3.27. The normalized spacial score (nSPS) is 10.7. The lowest BCUT2D eigenvalue weighted by Gasteiger charge is -2.10. The minimum atomic E-state index is 0.682. The summed E-state index contributed by atoms with van der Waals surface area (Å²) in [4.78, 5) is 0. The number of benzene rings is 1. The van der Waals surface area contributed by atoms with E-state index in [0.717, 1.165) is 23.9 Å². The number of nitrogen functional groups attached to an aromatic ring is 1. The van der Waals surface area contributed by atoms with Gasteiger partial charge < -0.3 is 15.8 Å². The summed E-state index contributed by atoms with van der Waals surface area (Å²) in [7, 11) is 1.64. The zero-order chi connectivity index (χ0) is 14.1. The molecule has 0 aromatic heterocycles. The van der Waals surface area contributed by atoms with E-state index in [9.17, 15) is 0 Å². The minimum absolute atomic E-state index is 0.682. The van der Waals surface area contributed by atoms with Crippen LogP contribution >= 0.6 is 0 Å². The summed E-state index contributed by atoms with van der Waals surface area (Å²) in [6.45, 7) is 5.58. The van der Waals surface area contributed by atoms with Crippen LogP contribution in [0, 0.1) is 5.92 Å². The smallest absolute Gasteiger partial charge is 0.143 e. The van der Waals surface area contributed by atoms with Crippen molar-refractivity contribution in [2.75, 3.05) is 24.7 Å². The molecule has 0 aliphatic heterocycles. The molecule has 0 aliphatic rings. The second-order valence-corrected chi connectivity index (χ2v) is 5.48. The van der Waals surface area contributed by atoms with E-state index in [-0.39, 0.29) is 0 Å². The maximum absolute atomic E-state index is 5.78. The van der Waals surface area contributed by atoms with Crippen molar-refractivity contribution in [2.24, 2.45) is 5.92 Å². The van der Waals surface area contributed by atoms with Crippen molar-refractivity contribution in [2.45, 2.75) is 46.0 Å². The molecule has 0 radical (unpaired) electrons. The number of rotatable bonds is 9. The lowest BCUT2D eigenvalue weighted by atomic mass is 10.0. The van der Waals surface area contributed by atoms with Crippen LogP contribution in [0.3, 0.4) is 0 Å². The molecule has 0 atom stereocenters. The van der Waals surface area contributed by atoms with Crippen LogP contribution in [0.2, 0.25) is 0 Å². The lowest BCUT2D eigenvalue weighted by molar-refractivity contribution is 0.417. The molecule has 108 valence electrons. The number of anilines is 2. The second kappa shape index (κ2) is 8.68. The van der Waals surface area contributed by atoms with Gasteiger partial charge in [0.25, 0.3) is 0 Å². The highest BCUT2D eigenvalue weighted by Gasteiger charge is 2.00. The van der Waals surface area contributed by atoms with Gasteiger partial charge >= 0.3 is 0 Å². The number of unbranched alkanes of at least 4 members (excludes halogenated alkanes) is 3. The molecule has 1 rings (SSSR count). The van der Waals surface area contributed by atoms with Crippen molar-refractivity contribution in [1.82, 2.24) is 0 Å². The van der Waals surface area contributed by atoms with Crippen molar-refractivity contribution in [3.63, 3.8) is 0 Å². The Bertz CT molecular complexity index is 364. The van der Waals surface area contributed by atoms with E-state index in [4.69, 9.17) is 10.5 Å². The van der Waals surface area contributed by atoms with Gasteiger partial charge in [-0.2, -0.15) is 0 Å². The van der Waals surface area contributed by atoms with Gasteiger partial charge in [-0.15, -0.1) is 0 Å². The fraction of sp³-hybridized carbons (Fsp3) is 0.625. The zero-order valence-corrected chi connectivity index (χ0v) is 12.5. The number of nitrogens with two attached hydrogens (primary N) is 1. The van der Waals surface area contributed by atoms with Crippen LogP contribution in [0.1, 0.15) is 46.0 Å². The van der Waals surface area contributed by atoms with Crippen LogP contribution in [0.5, 0.6) is 5.75 Å². The zero-order valence-electron chi connectivity index (χ0n) is 12.5. The Morgan fingerprint density at radius 1 is 1.16 bits per heavy atom. The molecule has 0 spiro atoms. The van der Waals surface area contributed by atoms with Crippen molar-refractivity contribution in [3.05, 3.63) is 18.2 Å². The van der Waals surface area contributed by atoms with Gasteiger partial charge in [0, 0.05) is 18.3 Å². The Morgan fingerprint density at radius 3 is 2.58 bits per heavy atom. The van der Waals surface area contributed by atoms with E-state index in [1.807, 2.05) is 18.2 Å². The molecule has 0 saturated carbocycles. The van der Waals surface area contributed by atoms with Gasteiger partial charge in [0.15, 0.2) is 0 Å². The minimum Gasteiger partial charge on any atom is -0.495 e. The molecule has 0 fully saturated rings. The maximum Gasteiger partial charge on any atom is 0.143 e. The van der Waals surface area contributed by atoms with Crippen LogP contribution in [-0.4, -0.2) is 13.7 Å². The third kappa shape index (κ3) is 6.37. The van der Waals surface area contributed by atoms with E-state index in [2.05, 4.69) is 19.2 Å². The molecule has 0 amide bonds. The van der Waals surface area contributed by atoms with E-state index in [1.54, 1.807) is 7.11 Å². The Kier molecular flexibility index (Phi) is 7.16. The predicted molar refractivity (Wildman–Crippen MR) is 83.8 cm³/mol. The van der Waals surface area contributed by atoms with Crippen LogP contribution in [0.15, 0.2) is 18.2 Å². The van der Waals surface area contributed by atoms with Crippen molar-refractivity contribution < 1.29 is 4.74 Å². The Morgan fingerprint density at radius 2 is 1.89 bits per heavy atom. The summed E-state index contributed by atoms with van der Waals surface area (Å²) in [5.74, 6) is 1.57. The van der Waals surface area contributed by atoms with Gasteiger partial charge in [-0.05, 0) is 24.5 Å². The highest BCUT2D eigenvalue weighted by molar-refractivity contribution is 5.61. The molecule has 1 aromatic rings. The van der Waals surface area contributed by atoms with Crippen LogP contribution < -0.4 is 15.8 Å². The summed E-state index contributed by atoms with van der Waals surface area (Å²) < 4.78 is 5.20. The van der Waals surface area contributed by atoms with Crippen molar-refractivity contribution >= 4 is 11.4 Å². The fourth-order valence-corrected chi connectivity index (χ4v) is 2.08. The summed E-state index contributed by atoms with van der Waals surface area (Å²) in [5.41, 5.74) is 7.54. The van der Waals surface area contributed by atoms with Gasteiger partial charge in [0.05, 0.1) is 12.8 Å². The monoisotopic (exact) mass is 264 g/mol. The quantitative estimate of drug-likeness (QED) is 0.516. The Labute approximate surface area is 117 Å². The van der Waals surface area contributed by atoms with Crippen LogP contribution in [-0.2, 0) is 0 Å². The van der Waals surface area contributed by atoms with Gasteiger partial charge in [-0.1, -0.05) is 39.5 Å². The highest BCUT2D eigenvalue weighted by atomic mass is 16.5. The highest BCUT2D eigenvalue weighted by Crippen LogP contribution is 2.24. The predicted octanol–water partition coefficient (Wildman–Crippen LogP) is 4.30. The molecular weight excluding hydrogens is 236 g/mol. The molecule has 0 saturated heterocycles. The van der Waals surface area contributed by atoms with E-state index in [0.29, 0.717) is 5.69 Å². The van der Waals surface area contributed by atoms with Gasteiger partial charge in [-0.25, -0.2) is 0 Å². The first kappa shape index (κ1) is 15.7. The average molecular weight is 264 g/mol. The average Bonchev–Trinajstić information content (AvgIpc) is 2.39. The fourth-order valence-electron chi connectivity index (χ4n) is 2.08. The van der Waals surface area contributed by atoms with Crippen LogP contribution in [0.4, 0.5) is 11.4 Å². The molecule has 3 N–H and O–H groups in total. The number of hydrogen-bond acceptors (Lipinski definition) is 3. The molecule has 19 heavy (non-hydrogen) atoms. The molecule has 3 nitrogen and oxygen atoms in total. The number of nitrogens with one attached hydrogen (secondary N) is 1. The standard InChI is InChI=1S/C16H28N2O/c1-13(2)8-6-4-5-7-11-18-14-9-10-15(17)16(12-14)19-3/h9-10,12-13,18H,4-8,11,17H2,1-3H3. The molecule has 0 unspecified atom stereocenters. The molecular formula is C16H28N2O. The lowest BCUT2D eigenvalue weighted by Crippen LogP contribution is -2.02. The molecule has 0 heterocycles.